The van der Waals surface area contributed by atoms with E-state index in [2.05, 4.69) is 4.98 Å². The number of H-pyrrole nitrogens is 1. The topological polar surface area (TPSA) is 106 Å². The summed E-state index contributed by atoms with van der Waals surface area (Å²) in [4.78, 5) is 13.2. The number of benzene rings is 1. The van der Waals surface area contributed by atoms with Crippen LogP contribution in [0.15, 0.2) is 29.3 Å². The Morgan fingerprint density at radius 1 is 1.29 bits per heavy atom. The molecule has 0 amide bonds. The van der Waals surface area contributed by atoms with Crippen molar-refractivity contribution in [2.24, 2.45) is 0 Å². The van der Waals surface area contributed by atoms with Gasteiger partial charge in [0.25, 0.3) is 5.69 Å². The van der Waals surface area contributed by atoms with E-state index in [1.807, 2.05) is 0 Å². The number of hydrogen-bond acceptors (Lipinski definition) is 5. The molecule has 0 bridgehead atoms. The number of nitrogens with zero attached hydrogens (tertiary/aromatic N) is 2. The second-order valence-corrected chi connectivity index (χ2v) is 6.56. The Labute approximate surface area is 120 Å². The summed E-state index contributed by atoms with van der Waals surface area (Å²) in [5, 5.41) is 11.4. The molecule has 8 nitrogen and oxygen atoms in total. The highest BCUT2D eigenvalue weighted by molar-refractivity contribution is 7.89. The average Bonchev–Trinajstić information content (AvgIpc) is 2.95. The van der Waals surface area contributed by atoms with Crippen molar-refractivity contribution < 1.29 is 18.1 Å². The normalized spacial score (nSPS) is 17.1. The van der Waals surface area contributed by atoms with Crippen LogP contribution in [0.25, 0.3) is 10.9 Å². The predicted octanol–water partition coefficient (Wildman–Crippen LogP) is 1.10. The van der Waals surface area contributed by atoms with Crippen molar-refractivity contribution in [1.29, 1.82) is 0 Å². The van der Waals surface area contributed by atoms with Gasteiger partial charge in [0.1, 0.15) is 0 Å². The summed E-state index contributed by atoms with van der Waals surface area (Å²) in [5.41, 5.74) is 0.174. The number of aromatic nitrogens is 1. The van der Waals surface area contributed by atoms with Crippen LogP contribution in [0.4, 0.5) is 5.69 Å². The number of morpholine rings is 1. The lowest BCUT2D eigenvalue weighted by Gasteiger charge is -2.26. The smallest absolute Gasteiger partial charge is 0.272 e. The molecule has 0 unspecified atom stereocenters. The molecule has 1 aliphatic heterocycles. The van der Waals surface area contributed by atoms with E-state index in [1.54, 1.807) is 12.3 Å². The molecule has 1 aliphatic rings. The predicted molar refractivity (Wildman–Crippen MR) is 74.5 cm³/mol. The van der Waals surface area contributed by atoms with Crippen molar-refractivity contribution >= 4 is 26.6 Å². The number of nitro benzene ring substituents is 1. The zero-order valence-corrected chi connectivity index (χ0v) is 11.8. The fraction of sp³-hybridized carbons (Fsp3) is 0.333. The van der Waals surface area contributed by atoms with Gasteiger partial charge in [0.15, 0.2) is 0 Å². The first-order chi connectivity index (χ1) is 10.00. The minimum atomic E-state index is -3.79. The van der Waals surface area contributed by atoms with E-state index < -0.39 is 14.9 Å². The quantitative estimate of drug-likeness (QED) is 0.675. The first kappa shape index (κ1) is 14.0. The van der Waals surface area contributed by atoms with E-state index in [1.165, 1.54) is 10.4 Å². The number of rotatable bonds is 3. The number of ether oxygens (including phenoxy) is 1. The Bertz CT molecular complexity index is 792. The molecule has 3 rings (SSSR count). The first-order valence-electron chi connectivity index (χ1n) is 6.33. The number of nitro groups is 1. The molecule has 1 fully saturated rings. The summed E-state index contributed by atoms with van der Waals surface area (Å²) < 4.78 is 31.9. The summed E-state index contributed by atoms with van der Waals surface area (Å²) in [6.07, 6.45) is 1.56. The van der Waals surface area contributed by atoms with Crippen LogP contribution in [0.3, 0.4) is 0 Å². The highest BCUT2D eigenvalue weighted by Gasteiger charge is 2.30. The third-order valence-corrected chi connectivity index (χ3v) is 5.35. The third-order valence-electron chi connectivity index (χ3n) is 3.41. The van der Waals surface area contributed by atoms with E-state index in [-0.39, 0.29) is 23.7 Å². The molecule has 1 aromatic carbocycles. The van der Waals surface area contributed by atoms with Gasteiger partial charge in [0.2, 0.25) is 10.0 Å². The lowest BCUT2D eigenvalue weighted by molar-refractivity contribution is -0.384. The molecular weight excluding hydrogens is 298 g/mol. The summed E-state index contributed by atoms with van der Waals surface area (Å²) in [5.74, 6) is 0. The second kappa shape index (κ2) is 5.10. The molecule has 21 heavy (non-hydrogen) atoms. The van der Waals surface area contributed by atoms with E-state index in [4.69, 9.17) is 4.74 Å². The molecule has 112 valence electrons. The average molecular weight is 311 g/mol. The molecule has 0 atom stereocenters. The molecule has 9 heteroatoms. The monoisotopic (exact) mass is 311 g/mol. The van der Waals surface area contributed by atoms with Crippen molar-refractivity contribution in [1.82, 2.24) is 9.29 Å². The molecule has 1 saturated heterocycles. The van der Waals surface area contributed by atoms with Crippen LogP contribution in [-0.2, 0) is 14.8 Å². The van der Waals surface area contributed by atoms with Gasteiger partial charge < -0.3 is 9.72 Å². The summed E-state index contributed by atoms with van der Waals surface area (Å²) in [6.45, 7) is 1.14. The number of nitrogens with one attached hydrogen (secondary N) is 1. The van der Waals surface area contributed by atoms with Crippen LogP contribution in [0.1, 0.15) is 0 Å². The van der Waals surface area contributed by atoms with Gasteiger partial charge in [0, 0.05) is 36.8 Å². The molecule has 2 heterocycles. The summed E-state index contributed by atoms with van der Waals surface area (Å²) >= 11 is 0. The Morgan fingerprint density at radius 3 is 2.67 bits per heavy atom. The Balaban J connectivity index is 2.18. The van der Waals surface area contributed by atoms with Crippen LogP contribution >= 0.6 is 0 Å². The summed E-state index contributed by atoms with van der Waals surface area (Å²) in [6, 6.07) is 4.04. The number of hydrogen-bond donors (Lipinski definition) is 1. The zero-order chi connectivity index (χ0) is 15.0. The second-order valence-electron chi connectivity index (χ2n) is 4.66. The van der Waals surface area contributed by atoms with Crippen LogP contribution in [0.5, 0.6) is 0 Å². The maximum atomic E-state index is 12.7. The molecule has 0 saturated carbocycles. The minimum Gasteiger partial charge on any atom is -0.379 e. The number of sulfonamides is 1. The molecule has 1 aromatic heterocycles. The zero-order valence-electron chi connectivity index (χ0n) is 11.0. The number of fused-ring (bicyclic) bond motifs is 1. The third kappa shape index (κ3) is 2.39. The molecular formula is C12H13N3O5S. The van der Waals surface area contributed by atoms with Gasteiger partial charge in [-0.15, -0.1) is 0 Å². The lowest BCUT2D eigenvalue weighted by atomic mass is 10.2. The Kier molecular flexibility index (Phi) is 3.40. The van der Waals surface area contributed by atoms with Crippen LogP contribution in [0, 0.1) is 10.1 Å². The summed E-state index contributed by atoms with van der Waals surface area (Å²) in [7, 11) is -3.79. The van der Waals surface area contributed by atoms with Gasteiger partial charge in [-0.25, -0.2) is 8.42 Å². The van der Waals surface area contributed by atoms with Gasteiger partial charge in [-0.1, -0.05) is 0 Å². The molecule has 0 aliphatic carbocycles. The Hall–Kier alpha value is -1.97. The van der Waals surface area contributed by atoms with E-state index >= 15 is 0 Å². The molecule has 0 spiro atoms. The van der Waals surface area contributed by atoms with Gasteiger partial charge in [0.05, 0.1) is 28.5 Å². The highest BCUT2D eigenvalue weighted by atomic mass is 32.2. The van der Waals surface area contributed by atoms with Crippen LogP contribution < -0.4 is 0 Å². The van der Waals surface area contributed by atoms with Crippen molar-refractivity contribution in [3.05, 3.63) is 34.5 Å². The van der Waals surface area contributed by atoms with Gasteiger partial charge in [-0.2, -0.15) is 4.31 Å². The number of aromatic amines is 1. The van der Waals surface area contributed by atoms with Crippen molar-refractivity contribution in [2.45, 2.75) is 4.90 Å². The van der Waals surface area contributed by atoms with E-state index in [0.717, 1.165) is 6.07 Å². The van der Waals surface area contributed by atoms with E-state index in [0.29, 0.717) is 24.1 Å². The maximum absolute atomic E-state index is 12.7. The van der Waals surface area contributed by atoms with Crippen molar-refractivity contribution in [3.63, 3.8) is 0 Å². The maximum Gasteiger partial charge on any atom is 0.272 e. The standard InChI is InChI=1S/C12H13N3O5S/c16-15(17)9-7-11-10(1-2-13-11)12(8-9)21(18,19)14-3-5-20-6-4-14/h1-2,7-8,13H,3-6H2. The SMILES string of the molecule is O=[N+]([O-])c1cc(S(=O)(=O)N2CCOCC2)c2cc[nH]c2c1. The van der Waals surface area contributed by atoms with Crippen LogP contribution in [-0.4, -0.2) is 48.9 Å². The lowest BCUT2D eigenvalue weighted by Crippen LogP contribution is -2.40. The Morgan fingerprint density at radius 2 is 2.00 bits per heavy atom. The fourth-order valence-corrected chi connectivity index (χ4v) is 4.00. The minimum absolute atomic E-state index is 0.0464. The highest BCUT2D eigenvalue weighted by Crippen LogP contribution is 2.30. The van der Waals surface area contributed by atoms with Crippen molar-refractivity contribution in [3.8, 4) is 0 Å². The van der Waals surface area contributed by atoms with Crippen molar-refractivity contribution in [2.75, 3.05) is 26.3 Å². The van der Waals surface area contributed by atoms with E-state index in [9.17, 15) is 18.5 Å². The van der Waals surface area contributed by atoms with Crippen LogP contribution in [0.2, 0.25) is 0 Å². The molecule has 0 radical (unpaired) electrons. The fourth-order valence-electron chi connectivity index (χ4n) is 2.36. The first-order valence-corrected chi connectivity index (χ1v) is 7.77. The van der Waals surface area contributed by atoms with Gasteiger partial charge in [-0.3, -0.25) is 10.1 Å². The number of non-ortho nitro benzene ring substituents is 1. The largest absolute Gasteiger partial charge is 0.379 e. The van der Waals surface area contributed by atoms with Gasteiger partial charge in [-0.05, 0) is 6.07 Å². The molecule has 1 N–H and O–H groups in total. The molecule has 2 aromatic rings. The van der Waals surface area contributed by atoms with Gasteiger partial charge >= 0.3 is 0 Å².